The number of piperidine rings is 1. The molecule has 0 aliphatic carbocycles. The van der Waals surface area contributed by atoms with Gasteiger partial charge in [-0.05, 0) is 42.9 Å². The normalized spacial score (nSPS) is 25.8. The molecular weight excluding hydrogens is 288 g/mol. The number of likely N-dealkylation sites (tertiary alicyclic amines) is 1. The van der Waals surface area contributed by atoms with Crippen LogP contribution in [0.15, 0.2) is 24.3 Å². The molecule has 0 saturated carbocycles. The lowest BCUT2D eigenvalue weighted by Gasteiger charge is -2.37. The second-order valence-corrected chi connectivity index (χ2v) is 6.35. The molecule has 2 heterocycles. The van der Waals surface area contributed by atoms with Crippen LogP contribution in [0.4, 0.5) is 0 Å². The van der Waals surface area contributed by atoms with Crippen molar-refractivity contribution in [3.05, 3.63) is 34.9 Å². The number of nitrogens with one attached hydrogen (secondary N) is 1. The zero-order valence-corrected chi connectivity index (χ0v) is 12.6. The van der Waals surface area contributed by atoms with Crippen LogP contribution in [0.5, 0.6) is 0 Å². The first-order valence-corrected chi connectivity index (χ1v) is 7.83. The Labute approximate surface area is 129 Å². The Hall–Kier alpha value is -1.55. The first kappa shape index (κ1) is 14.4. The average Bonchev–Trinajstić information content (AvgIpc) is 2.66. The number of nitrogens with zero attached hydrogens (tertiary/aromatic N) is 1. The van der Waals surface area contributed by atoms with E-state index in [0.29, 0.717) is 28.8 Å². The van der Waals surface area contributed by atoms with Gasteiger partial charge in [-0.15, -0.1) is 0 Å². The van der Waals surface area contributed by atoms with Gasteiger partial charge in [-0.2, -0.15) is 0 Å². The summed E-state index contributed by atoms with van der Waals surface area (Å²) in [6.07, 6.45) is 2.46. The molecule has 2 atom stereocenters. The molecule has 2 unspecified atom stereocenters. The SMILES string of the molecule is O=C1CC2CCN(C(=O)c3cccc(Cl)c3)CC2CCN1. The summed E-state index contributed by atoms with van der Waals surface area (Å²) in [5.74, 6) is 1.02. The summed E-state index contributed by atoms with van der Waals surface area (Å²) in [4.78, 5) is 26.1. The molecule has 3 rings (SSSR count). The van der Waals surface area contributed by atoms with E-state index >= 15 is 0 Å². The van der Waals surface area contributed by atoms with Crippen LogP contribution in [-0.2, 0) is 4.79 Å². The van der Waals surface area contributed by atoms with Gasteiger partial charge in [-0.1, -0.05) is 17.7 Å². The molecule has 0 spiro atoms. The predicted molar refractivity (Wildman–Crippen MR) is 81.2 cm³/mol. The molecule has 5 heteroatoms. The van der Waals surface area contributed by atoms with Crippen molar-refractivity contribution >= 4 is 23.4 Å². The molecule has 0 bridgehead atoms. The number of rotatable bonds is 1. The van der Waals surface area contributed by atoms with Crippen molar-refractivity contribution in [2.45, 2.75) is 19.3 Å². The van der Waals surface area contributed by atoms with E-state index < -0.39 is 0 Å². The first-order chi connectivity index (χ1) is 10.1. The van der Waals surface area contributed by atoms with E-state index in [1.165, 1.54) is 0 Å². The summed E-state index contributed by atoms with van der Waals surface area (Å²) in [5, 5.41) is 3.51. The number of halogens is 1. The molecule has 2 aliphatic rings. The van der Waals surface area contributed by atoms with Gasteiger partial charge >= 0.3 is 0 Å². The van der Waals surface area contributed by atoms with E-state index in [-0.39, 0.29) is 11.8 Å². The number of hydrogen-bond acceptors (Lipinski definition) is 2. The average molecular weight is 307 g/mol. The topological polar surface area (TPSA) is 49.4 Å². The van der Waals surface area contributed by atoms with E-state index in [9.17, 15) is 9.59 Å². The highest BCUT2D eigenvalue weighted by Gasteiger charge is 2.34. The summed E-state index contributed by atoms with van der Waals surface area (Å²) in [6, 6.07) is 7.09. The van der Waals surface area contributed by atoms with Crippen LogP contribution < -0.4 is 5.32 Å². The Morgan fingerprint density at radius 1 is 1.29 bits per heavy atom. The minimum absolute atomic E-state index is 0.0412. The van der Waals surface area contributed by atoms with Gasteiger partial charge in [0.05, 0.1) is 0 Å². The summed E-state index contributed by atoms with van der Waals surface area (Å²) in [5.41, 5.74) is 0.642. The Kier molecular flexibility index (Phi) is 4.15. The van der Waals surface area contributed by atoms with Crippen molar-refractivity contribution in [3.63, 3.8) is 0 Å². The minimum atomic E-state index is 0.0412. The van der Waals surface area contributed by atoms with E-state index in [1.807, 2.05) is 4.90 Å². The lowest BCUT2D eigenvalue weighted by atomic mass is 9.82. The third-order valence-corrected chi connectivity index (χ3v) is 4.77. The summed E-state index contributed by atoms with van der Waals surface area (Å²) in [6.45, 7) is 2.18. The molecule has 1 N–H and O–H groups in total. The molecule has 21 heavy (non-hydrogen) atoms. The molecular formula is C16H19ClN2O2. The Morgan fingerprint density at radius 2 is 2.14 bits per heavy atom. The number of carbonyl (C=O) groups excluding carboxylic acids is 2. The molecule has 4 nitrogen and oxygen atoms in total. The quantitative estimate of drug-likeness (QED) is 0.865. The fourth-order valence-corrected chi connectivity index (χ4v) is 3.56. The maximum Gasteiger partial charge on any atom is 0.253 e. The van der Waals surface area contributed by atoms with E-state index in [0.717, 1.165) is 32.5 Å². The number of benzene rings is 1. The van der Waals surface area contributed by atoms with Crippen molar-refractivity contribution in [1.82, 2.24) is 10.2 Å². The van der Waals surface area contributed by atoms with Crippen LogP contribution >= 0.6 is 11.6 Å². The van der Waals surface area contributed by atoms with Gasteiger partial charge < -0.3 is 10.2 Å². The van der Waals surface area contributed by atoms with Crippen molar-refractivity contribution in [3.8, 4) is 0 Å². The lowest BCUT2D eigenvalue weighted by molar-refractivity contribution is -0.121. The number of carbonyl (C=O) groups is 2. The molecule has 112 valence electrons. The Balaban J connectivity index is 1.71. The van der Waals surface area contributed by atoms with Crippen LogP contribution in [0.3, 0.4) is 0 Å². The standard InChI is InChI=1S/C16H19ClN2O2/c17-14-3-1-2-12(8-14)16(21)19-7-5-11-9-15(20)18-6-4-13(11)10-19/h1-3,8,11,13H,4-7,9-10H2,(H,18,20). The molecule has 1 aromatic rings. The van der Waals surface area contributed by atoms with Crippen molar-refractivity contribution in [2.75, 3.05) is 19.6 Å². The number of amides is 2. The molecule has 2 saturated heterocycles. The summed E-state index contributed by atoms with van der Waals surface area (Å²) < 4.78 is 0. The van der Waals surface area contributed by atoms with Gasteiger partial charge in [0.15, 0.2) is 0 Å². The summed E-state index contributed by atoms with van der Waals surface area (Å²) >= 11 is 5.96. The fourth-order valence-electron chi connectivity index (χ4n) is 3.37. The van der Waals surface area contributed by atoms with Crippen molar-refractivity contribution in [1.29, 1.82) is 0 Å². The largest absolute Gasteiger partial charge is 0.356 e. The van der Waals surface area contributed by atoms with Crippen LogP contribution in [0.25, 0.3) is 0 Å². The Morgan fingerprint density at radius 3 is 2.95 bits per heavy atom. The van der Waals surface area contributed by atoms with Gasteiger partial charge in [0.2, 0.25) is 5.91 Å². The van der Waals surface area contributed by atoms with Gasteiger partial charge in [-0.25, -0.2) is 0 Å². The molecule has 0 radical (unpaired) electrons. The van der Waals surface area contributed by atoms with Gasteiger partial charge in [-0.3, -0.25) is 9.59 Å². The van der Waals surface area contributed by atoms with Crippen LogP contribution in [0, 0.1) is 11.8 Å². The predicted octanol–water partition coefficient (Wildman–Crippen LogP) is 2.33. The highest BCUT2D eigenvalue weighted by Crippen LogP contribution is 2.31. The van der Waals surface area contributed by atoms with Crippen LogP contribution in [-0.4, -0.2) is 36.3 Å². The molecule has 1 aromatic carbocycles. The molecule has 2 fully saturated rings. The molecule has 2 amide bonds. The number of hydrogen-bond donors (Lipinski definition) is 1. The van der Waals surface area contributed by atoms with Gasteiger partial charge in [0, 0.05) is 36.6 Å². The van der Waals surface area contributed by atoms with E-state index in [1.54, 1.807) is 24.3 Å². The van der Waals surface area contributed by atoms with E-state index in [4.69, 9.17) is 11.6 Å². The van der Waals surface area contributed by atoms with E-state index in [2.05, 4.69) is 5.32 Å². The van der Waals surface area contributed by atoms with Gasteiger partial charge in [0.25, 0.3) is 5.91 Å². The first-order valence-electron chi connectivity index (χ1n) is 7.45. The maximum absolute atomic E-state index is 12.6. The second-order valence-electron chi connectivity index (χ2n) is 5.91. The maximum atomic E-state index is 12.6. The van der Waals surface area contributed by atoms with Gasteiger partial charge in [0.1, 0.15) is 0 Å². The highest BCUT2D eigenvalue weighted by molar-refractivity contribution is 6.30. The third kappa shape index (κ3) is 3.21. The fraction of sp³-hybridized carbons (Fsp3) is 0.500. The molecule has 2 aliphatic heterocycles. The van der Waals surface area contributed by atoms with Crippen molar-refractivity contribution in [2.24, 2.45) is 11.8 Å². The Bertz CT molecular complexity index is 561. The number of fused-ring (bicyclic) bond motifs is 1. The molecule has 0 aromatic heterocycles. The summed E-state index contributed by atoms with van der Waals surface area (Å²) in [7, 11) is 0. The zero-order chi connectivity index (χ0) is 14.8. The smallest absolute Gasteiger partial charge is 0.253 e. The minimum Gasteiger partial charge on any atom is -0.356 e. The third-order valence-electron chi connectivity index (χ3n) is 4.54. The highest BCUT2D eigenvalue weighted by atomic mass is 35.5. The second kappa shape index (κ2) is 6.06. The zero-order valence-electron chi connectivity index (χ0n) is 11.8. The van der Waals surface area contributed by atoms with Crippen LogP contribution in [0.2, 0.25) is 5.02 Å². The monoisotopic (exact) mass is 306 g/mol. The van der Waals surface area contributed by atoms with Crippen LogP contribution in [0.1, 0.15) is 29.6 Å². The van der Waals surface area contributed by atoms with Crippen molar-refractivity contribution < 1.29 is 9.59 Å². The lowest BCUT2D eigenvalue weighted by Crippen LogP contribution is -2.43.